The van der Waals surface area contributed by atoms with E-state index in [9.17, 15) is 18.0 Å². The number of carbonyl (C=O) groups is 1. The largest absolute Gasteiger partial charge is 0.334 e. The van der Waals surface area contributed by atoms with Crippen LogP contribution in [0.15, 0.2) is 16.9 Å². The van der Waals surface area contributed by atoms with Gasteiger partial charge in [-0.05, 0) is 44.7 Å². The summed E-state index contributed by atoms with van der Waals surface area (Å²) in [7, 11) is -3.28. The number of amides is 1. The molecule has 1 aromatic rings. The van der Waals surface area contributed by atoms with E-state index in [1.807, 2.05) is 13.8 Å². The first-order valence-corrected chi connectivity index (χ1v) is 10.5. The third kappa shape index (κ3) is 3.37. The summed E-state index contributed by atoms with van der Waals surface area (Å²) < 4.78 is 27.0. The second-order valence-corrected chi connectivity index (χ2v) is 9.05. The molecule has 138 valence electrons. The van der Waals surface area contributed by atoms with Gasteiger partial charge in [0, 0.05) is 37.9 Å². The minimum absolute atomic E-state index is 0.122. The highest BCUT2D eigenvalue weighted by Gasteiger charge is 2.40. The Balaban J connectivity index is 1.93. The van der Waals surface area contributed by atoms with Gasteiger partial charge in [0.05, 0.1) is 6.26 Å². The van der Waals surface area contributed by atoms with Gasteiger partial charge >= 0.3 is 0 Å². The lowest BCUT2D eigenvalue weighted by Gasteiger charge is -2.36. The van der Waals surface area contributed by atoms with E-state index in [2.05, 4.69) is 0 Å². The quantitative estimate of drug-likeness (QED) is 0.787. The first-order chi connectivity index (χ1) is 11.7. The summed E-state index contributed by atoms with van der Waals surface area (Å²) in [5.74, 6) is -0.159. The van der Waals surface area contributed by atoms with Gasteiger partial charge in [-0.3, -0.25) is 9.59 Å². The number of carbonyl (C=O) groups excluding carboxylic acids is 1. The number of hydrogen-bond donors (Lipinski definition) is 0. The third-order valence-corrected chi connectivity index (χ3v) is 6.59. The predicted molar refractivity (Wildman–Crippen MR) is 95.1 cm³/mol. The van der Waals surface area contributed by atoms with Crippen molar-refractivity contribution in [2.24, 2.45) is 5.92 Å². The lowest BCUT2D eigenvalue weighted by molar-refractivity contribution is 0.0586. The standard InChI is InChI=1S/C17H25N3O4S/c1-4-19-12(2)5-8-15(16(19)21)17(22)20-10-13-6-7-14(20)11-18(9-13)25(3,23)24/h5,8,13-14H,4,6-7,9-11H2,1-3H3/t13-,14+/m0/s1. The fraction of sp³-hybridized carbons (Fsp3) is 0.647. The molecule has 0 aliphatic carbocycles. The summed E-state index contributed by atoms with van der Waals surface area (Å²) in [5, 5.41) is 0. The molecule has 0 N–H and O–H groups in total. The lowest BCUT2D eigenvalue weighted by atomic mass is 9.94. The first-order valence-electron chi connectivity index (χ1n) is 8.69. The second-order valence-electron chi connectivity index (χ2n) is 7.07. The average Bonchev–Trinajstić information content (AvgIpc) is 2.87. The van der Waals surface area contributed by atoms with Crippen LogP contribution in [0.1, 0.15) is 35.8 Å². The van der Waals surface area contributed by atoms with Crippen LogP contribution in [0.5, 0.6) is 0 Å². The molecule has 3 fully saturated rings. The molecule has 3 aliphatic rings. The van der Waals surface area contributed by atoms with Gasteiger partial charge in [0.1, 0.15) is 5.56 Å². The van der Waals surface area contributed by atoms with Crippen molar-refractivity contribution >= 4 is 15.9 Å². The summed E-state index contributed by atoms with van der Waals surface area (Å²) in [5.41, 5.74) is 0.725. The summed E-state index contributed by atoms with van der Waals surface area (Å²) >= 11 is 0. The maximum Gasteiger partial charge on any atom is 0.263 e. The number of aryl methyl sites for hydroxylation is 1. The molecule has 25 heavy (non-hydrogen) atoms. The van der Waals surface area contributed by atoms with Gasteiger partial charge in [-0.2, -0.15) is 4.31 Å². The Morgan fingerprint density at radius 3 is 2.56 bits per heavy atom. The van der Waals surface area contributed by atoms with Crippen molar-refractivity contribution in [3.05, 3.63) is 33.7 Å². The Labute approximate surface area is 148 Å². The zero-order valence-corrected chi connectivity index (χ0v) is 15.8. The van der Waals surface area contributed by atoms with Crippen LogP contribution in [-0.2, 0) is 16.6 Å². The number of pyridine rings is 1. The predicted octanol–water partition coefficient (Wildman–Crippen LogP) is 0.673. The van der Waals surface area contributed by atoms with Gasteiger partial charge in [-0.25, -0.2) is 8.42 Å². The molecule has 3 aliphatic heterocycles. The van der Waals surface area contributed by atoms with Gasteiger partial charge in [0.25, 0.3) is 11.5 Å². The molecule has 1 amide bonds. The number of sulfonamides is 1. The second kappa shape index (κ2) is 6.57. The fourth-order valence-electron chi connectivity index (χ4n) is 3.94. The summed E-state index contributed by atoms with van der Waals surface area (Å²) in [6.45, 7) is 5.51. The van der Waals surface area contributed by atoms with E-state index in [-0.39, 0.29) is 29.0 Å². The van der Waals surface area contributed by atoms with E-state index < -0.39 is 10.0 Å². The highest BCUT2D eigenvalue weighted by molar-refractivity contribution is 7.88. The SMILES string of the molecule is CCn1c(C)ccc(C(=O)N2C[C@H]3CC[C@@H]2CN(S(C)(=O)=O)C3)c1=O. The van der Waals surface area contributed by atoms with Crippen LogP contribution >= 0.6 is 0 Å². The molecule has 4 heterocycles. The van der Waals surface area contributed by atoms with E-state index in [1.54, 1.807) is 21.6 Å². The van der Waals surface area contributed by atoms with Gasteiger partial charge in [-0.15, -0.1) is 0 Å². The highest BCUT2D eigenvalue weighted by Crippen LogP contribution is 2.29. The Hall–Kier alpha value is -1.67. The molecule has 2 atom stereocenters. The van der Waals surface area contributed by atoms with Gasteiger partial charge < -0.3 is 9.47 Å². The van der Waals surface area contributed by atoms with Crippen molar-refractivity contribution < 1.29 is 13.2 Å². The molecule has 1 aromatic heterocycles. The highest BCUT2D eigenvalue weighted by atomic mass is 32.2. The van der Waals surface area contributed by atoms with Crippen LogP contribution in [0.3, 0.4) is 0 Å². The van der Waals surface area contributed by atoms with Crippen molar-refractivity contribution in [3.63, 3.8) is 0 Å². The molecular formula is C17H25N3O4S. The molecule has 0 saturated carbocycles. The van der Waals surface area contributed by atoms with Crippen molar-refractivity contribution in [3.8, 4) is 0 Å². The zero-order valence-electron chi connectivity index (χ0n) is 14.9. The smallest absolute Gasteiger partial charge is 0.263 e. The molecule has 4 rings (SSSR count). The molecule has 2 bridgehead atoms. The molecule has 7 nitrogen and oxygen atoms in total. The van der Waals surface area contributed by atoms with Crippen molar-refractivity contribution in [1.29, 1.82) is 0 Å². The fourth-order valence-corrected chi connectivity index (χ4v) is 4.86. The van der Waals surface area contributed by atoms with Gasteiger partial charge in [0.15, 0.2) is 0 Å². The van der Waals surface area contributed by atoms with E-state index in [0.29, 0.717) is 26.2 Å². The van der Waals surface area contributed by atoms with Crippen LogP contribution in [0.2, 0.25) is 0 Å². The average molecular weight is 367 g/mol. The van der Waals surface area contributed by atoms with E-state index in [4.69, 9.17) is 0 Å². The van der Waals surface area contributed by atoms with Gasteiger partial charge in [-0.1, -0.05) is 0 Å². The van der Waals surface area contributed by atoms with Crippen LogP contribution < -0.4 is 5.56 Å². The van der Waals surface area contributed by atoms with Crippen LogP contribution in [0, 0.1) is 12.8 Å². The maximum absolute atomic E-state index is 13.0. The number of piperidine rings is 1. The van der Waals surface area contributed by atoms with Crippen LogP contribution in [-0.4, -0.2) is 60.0 Å². The summed E-state index contributed by atoms with van der Waals surface area (Å²) in [6.07, 6.45) is 2.90. The van der Waals surface area contributed by atoms with Crippen molar-refractivity contribution in [2.75, 3.05) is 25.9 Å². The number of aromatic nitrogens is 1. The van der Waals surface area contributed by atoms with Crippen molar-refractivity contribution in [2.45, 2.75) is 39.3 Å². The minimum Gasteiger partial charge on any atom is -0.334 e. The Morgan fingerprint density at radius 1 is 1.20 bits per heavy atom. The summed E-state index contributed by atoms with van der Waals surface area (Å²) in [4.78, 5) is 27.4. The number of nitrogens with zero attached hydrogens (tertiary/aromatic N) is 3. The maximum atomic E-state index is 13.0. The molecule has 0 aromatic carbocycles. The Bertz CT molecular complexity index is 846. The monoisotopic (exact) mass is 367 g/mol. The lowest BCUT2D eigenvalue weighted by Crippen LogP contribution is -2.49. The third-order valence-electron chi connectivity index (χ3n) is 5.35. The molecule has 0 unspecified atom stereocenters. The topological polar surface area (TPSA) is 79.7 Å². The first kappa shape index (κ1) is 18.1. The minimum atomic E-state index is -3.28. The molecule has 0 radical (unpaired) electrons. The number of hydrogen-bond acceptors (Lipinski definition) is 4. The zero-order chi connectivity index (χ0) is 18.4. The molecular weight excluding hydrogens is 342 g/mol. The molecule has 3 saturated heterocycles. The van der Waals surface area contributed by atoms with Crippen LogP contribution in [0.4, 0.5) is 0 Å². The van der Waals surface area contributed by atoms with E-state index in [1.165, 1.54) is 10.6 Å². The van der Waals surface area contributed by atoms with E-state index >= 15 is 0 Å². The van der Waals surface area contributed by atoms with E-state index in [0.717, 1.165) is 18.5 Å². The van der Waals surface area contributed by atoms with Gasteiger partial charge in [0.2, 0.25) is 10.0 Å². The van der Waals surface area contributed by atoms with Crippen molar-refractivity contribution in [1.82, 2.24) is 13.8 Å². The Morgan fingerprint density at radius 2 is 1.92 bits per heavy atom. The normalized spacial score (nSPS) is 24.4. The number of fused-ring (bicyclic) bond motifs is 4. The summed E-state index contributed by atoms with van der Waals surface area (Å²) in [6, 6.07) is 3.22. The molecule has 0 spiro atoms. The Kier molecular flexibility index (Phi) is 4.76. The molecule has 8 heteroatoms. The number of rotatable bonds is 3. The van der Waals surface area contributed by atoms with Crippen LogP contribution in [0.25, 0.3) is 0 Å².